The summed E-state index contributed by atoms with van der Waals surface area (Å²) >= 11 is 5.07. The van der Waals surface area contributed by atoms with Crippen molar-refractivity contribution in [3.63, 3.8) is 0 Å². The number of carbonyl (C=O) groups excluding carboxylic acids is 1. The zero-order valence-electron chi connectivity index (χ0n) is 12.9. The summed E-state index contributed by atoms with van der Waals surface area (Å²) in [6.45, 7) is 5.56. The van der Waals surface area contributed by atoms with Crippen LogP contribution in [0.1, 0.15) is 11.6 Å². The van der Waals surface area contributed by atoms with Gasteiger partial charge in [0.05, 0.1) is 19.3 Å². The summed E-state index contributed by atoms with van der Waals surface area (Å²) in [6.07, 6.45) is 0. The van der Waals surface area contributed by atoms with E-state index in [4.69, 9.17) is 17.0 Å². The maximum atomic E-state index is 14.2. The van der Waals surface area contributed by atoms with Gasteiger partial charge in [0, 0.05) is 24.4 Å². The highest BCUT2D eigenvalue weighted by Crippen LogP contribution is 2.34. The highest BCUT2D eigenvalue weighted by Gasteiger charge is 2.41. The van der Waals surface area contributed by atoms with Crippen LogP contribution in [0.5, 0.6) is 0 Å². The van der Waals surface area contributed by atoms with Crippen LogP contribution in [0.4, 0.5) is 8.78 Å². The minimum atomic E-state index is -0.956. The van der Waals surface area contributed by atoms with Gasteiger partial charge in [-0.05, 0) is 24.4 Å². The predicted octanol–water partition coefficient (Wildman–Crippen LogP) is 1.47. The Balaban J connectivity index is 1.98. The Morgan fingerprint density at radius 3 is 2.54 bits per heavy atom. The number of amides is 1. The summed E-state index contributed by atoms with van der Waals surface area (Å²) in [4.78, 5) is 14.5. The summed E-state index contributed by atoms with van der Waals surface area (Å²) in [5, 5.41) is 5.79. The normalized spacial score (nSPS) is 24.3. The molecule has 0 spiro atoms. The van der Waals surface area contributed by atoms with Crippen LogP contribution in [0.2, 0.25) is 0 Å². The molecule has 0 bridgehead atoms. The van der Waals surface area contributed by atoms with Gasteiger partial charge in [0.15, 0.2) is 5.11 Å². The molecule has 128 valence electrons. The number of ether oxygens (including phenoxy) is 1. The van der Waals surface area contributed by atoms with Crippen molar-refractivity contribution >= 4 is 23.2 Å². The molecule has 2 aliphatic heterocycles. The van der Waals surface area contributed by atoms with Gasteiger partial charge < -0.3 is 20.3 Å². The molecule has 5 nitrogen and oxygen atoms in total. The lowest BCUT2D eigenvalue weighted by atomic mass is 9.87. The van der Waals surface area contributed by atoms with Gasteiger partial charge in [-0.1, -0.05) is 12.6 Å². The molecule has 0 aliphatic carbocycles. The fourth-order valence-electron chi connectivity index (χ4n) is 3.00. The Bertz CT molecular complexity index is 672. The maximum absolute atomic E-state index is 14.2. The van der Waals surface area contributed by atoms with E-state index in [9.17, 15) is 13.6 Å². The van der Waals surface area contributed by atoms with Crippen LogP contribution < -0.4 is 10.6 Å². The van der Waals surface area contributed by atoms with Gasteiger partial charge >= 0.3 is 0 Å². The Morgan fingerprint density at radius 1 is 1.29 bits per heavy atom. The molecular weight excluding hydrogens is 336 g/mol. The van der Waals surface area contributed by atoms with Crippen LogP contribution >= 0.6 is 12.2 Å². The maximum Gasteiger partial charge on any atom is 0.234 e. The molecule has 0 saturated carbocycles. The van der Waals surface area contributed by atoms with Crippen LogP contribution in [0.15, 0.2) is 30.5 Å². The van der Waals surface area contributed by atoms with Crippen molar-refractivity contribution in [1.29, 1.82) is 0 Å². The molecule has 2 N–H and O–H groups in total. The van der Waals surface area contributed by atoms with Gasteiger partial charge in [-0.3, -0.25) is 4.79 Å². The quantitative estimate of drug-likeness (QED) is 0.789. The van der Waals surface area contributed by atoms with E-state index >= 15 is 0 Å². The van der Waals surface area contributed by atoms with Crippen molar-refractivity contribution < 1.29 is 18.3 Å². The van der Waals surface area contributed by atoms with E-state index in [0.29, 0.717) is 32.0 Å². The Hall–Kier alpha value is -2.06. The lowest BCUT2D eigenvalue weighted by Gasteiger charge is -2.39. The van der Waals surface area contributed by atoms with Crippen LogP contribution in [0, 0.1) is 17.6 Å². The first-order valence-electron chi connectivity index (χ1n) is 7.56. The highest BCUT2D eigenvalue weighted by molar-refractivity contribution is 7.80. The number of rotatable bonds is 2. The molecular formula is C16H17F2N3O2S. The lowest BCUT2D eigenvalue weighted by molar-refractivity contribution is -0.139. The summed E-state index contributed by atoms with van der Waals surface area (Å²) in [5.74, 6) is -2.60. The third-order valence-electron chi connectivity index (χ3n) is 4.17. The molecule has 24 heavy (non-hydrogen) atoms. The first kappa shape index (κ1) is 16.8. The number of hydrogen-bond donors (Lipinski definition) is 2. The van der Waals surface area contributed by atoms with Gasteiger partial charge in [-0.15, -0.1) is 0 Å². The van der Waals surface area contributed by atoms with Gasteiger partial charge in [-0.2, -0.15) is 0 Å². The first-order chi connectivity index (χ1) is 11.5. The third kappa shape index (κ3) is 3.11. The Kier molecular flexibility index (Phi) is 4.77. The molecule has 2 aliphatic rings. The molecule has 2 atom stereocenters. The number of nitrogens with zero attached hydrogens (tertiary/aromatic N) is 1. The SMILES string of the molecule is C=C1NC(=S)N[C@H](c2c(F)cccc2F)[C@H]1C(=O)N1CCOCC1. The molecule has 0 unspecified atom stereocenters. The van der Waals surface area contributed by atoms with Crippen LogP contribution in [0.3, 0.4) is 0 Å². The molecule has 2 heterocycles. The van der Waals surface area contributed by atoms with E-state index in [2.05, 4.69) is 17.2 Å². The second kappa shape index (κ2) is 6.82. The number of nitrogens with one attached hydrogen (secondary N) is 2. The van der Waals surface area contributed by atoms with E-state index in [1.165, 1.54) is 6.07 Å². The monoisotopic (exact) mass is 353 g/mol. The van der Waals surface area contributed by atoms with Crippen LogP contribution in [0.25, 0.3) is 0 Å². The van der Waals surface area contributed by atoms with Crippen molar-refractivity contribution in [3.8, 4) is 0 Å². The lowest BCUT2D eigenvalue weighted by Crippen LogP contribution is -2.55. The van der Waals surface area contributed by atoms with E-state index in [0.717, 1.165) is 12.1 Å². The molecule has 8 heteroatoms. The van der Waals surface area contributed by atoms with E-state index in [1.807, 2.05) is 0 Å². The van der Waals surface area contributed by atoms with Gasteiger partial charge in [0.1, 0.15) is 17.6 Å². The average Bonchev–Trinajstić information content (AvgIpc) is 2.54. The standard InChI is InChI=1S/C16H17F2N3O2S/c1-9-12(15(22)21-5-7-23-8-6-21)14(20-16(24)19-9)13-10(17)3-2-4-11(13)18/h2-4,12,14H,1,5-8H2,(H2,19,20,24)/t12-,14-/m0/s1. The van der Waals surface area contributed by atoms with Gasteiger partial charge in [0.25, 0.3) is 0 Å². The second-order valence-corrected chi connectivity index (χ2v) is 6.06. The number of halogens is 2. The minimum absolute atomic E-state index is 0.179. The summed E-state index contributed by atoms with van der Waals surface area (Å²) in [7, 11) is 0. The summed E-state index contributed by atoms with van der Waals surface area (Å²) in [6, 6.07) is 2.64. The molecule has 1 amide bonds. The zero-order valence-corrected chi connectivity index (χ0v) is 13.7. The molecule has 2 saturated heterocycles. The third-order valence-corrected chi connectivity index (χ3v) is 4.39. The second-order valence-electron chi connectivity index (χ2n) is 5.65. The smallest absolute Gasteiger partial charge is 0.234 e. The molecule has 1 aromatic carbocycles. The largest absolute Gasteiger partial charge is 0.378 e. The van der Waals surface area contributed by atoms with Crippen LogP contribution in [-0.4, -0.2) is 42.2 Å². The van der Waals surface area contributed by atoms with E-state index in [1.54, 1.807) is 4.90 Å². The number of benzene rings is 1. The molecule has 1 aromatic rings. The number of carbonyl (C=O) groups is 1. The van der Waals surface area contributed by atoms with Crippen LogP contribution in [-0.2, 0) is 9.53 Å². The minimum Gasteiger partial charge on any atom is -0.378 e. The predicted molar refractivity (Wildman–Crippen MR) is 88.0 cm³/mol. The Labute approximate surface area is 143 Å². The average molecular weight is 353 g/mol. The van der Waals surface area contributed by atoms with Gasteiger partial charge in [0.2, 0.25) is 5.91 Å². The fraction of sp³-hybridized carbons (Fsp3) is 0.375. The summed E-state index contributed by atoms with van der Waals surface area (Å²) in [5.41, 5.74) is 0.108. The molecule has 0 radical (unpaired) electrons. The Morgan fingerprint density at radius 2 is 1.92 bits per heavy atom. The van der Waals surface area contributed by atoms with Crippen molar-refractivity contribution in [2.75, 3.05) is 26.3 Å². The first-order valence-corrected chi connectivity index (χ1v) is 7.96. The molecule has 3 rings (SSSR count). The molecule has 2 fully saturated rings. The highest BCUT2D eigenvalue weighted by atomic mass is 32.1. The van der Waals surface area contributed by atoms with Gasteiger partial charge in [-0.25, -0.2) is 8.78 Å². The van der Waals surface area contributed by atoms with E-state index < -0.39 is 23.6 Å². The van der Waals surface area contributed by atoms with Crippen molar-refractivity contribution in [2.24, 2.45) is 5.92 Å². The zero-order chi connectivity index (χ0) is 17.3. The topological polar surface area (TPSA) is 53.6 Å². The summed E-state index contributed by atoms with van der Waals surface area (Å²) < 4.78 is 33.7. The number of thiocarbonyl (C=S) groups is 1. The number of hydrogen-bond acceptors (Lipinski definition) is 3. The number of morpholine rings is 1. The van der Waals surface area contributed by atoms with Crippen molar-refractivity contribution in [3.05, 3.63) is 47.7 Å². The molecule has 0 aromatic heterocycles. The van der Waals surface area contributed by atoms with Crippen molar-refractivity contribution in [1.82, 2.24) is 15.5 Å². The fourth-order valence-corrected chi connectivity index (χ4v) is 3.26. The van der Waals surface area contributed by atoms with Crippen molar-refractivity contribution in [2.45, 2.75) is 6.04 Å². The van der Waals surface area contributed by atoms with E-state index in [-0.39, 0.29) is 16.6 Å².